The van der Waals surface area contributed by atoms with E-state index in [4.69, 9.17) is 34.1 Å². The standard InChI is InChI=1S/C15H15Cl2N3O/c1-9-3-2-4-12(16)14(9)19-8-11-6-5-10(7-13(11)17)15(18)20-21/h2-7,19,21H,8H2,1H3,(H2,18,20). The fourth-order valence-electron chi connectivity index (χ4n) is 1.95. The molecule has 2 aromatic carbocycles. The molecule has 0 saturated carbocycles. The van der Waals surface area contributed by atoms with Crippen LogP contribution in [0.5, 0.6) is 0 Å². The van der Waals surface area contributed by atoms with Crippen molar-refractivity contribution >= 4 is 34.7 Å². The lowest BCUT2D eigenvalue weighted by Gasteiger charge is -2.13. The molecule has 2 aromatic rings. The van der Waals surface area contributed by atoms with Crippen molar-refractivity contribution in [3.8, 4) is 0 Å². The number of oxime groups is 1. The van der Waals surface area contributed by atoms with Crippen LogP contribution >= 0.6 is 23.2 Å². The van der Waals surface area contributed by atoms with Gasteiger partial charge in [-0.3, -0.25) is 0 Å². The van der Waals surface area contributed by atoms with E-state index in [-0.39, 0.29) is 5.84 Å². The number of hydrogen-bond acceptors (Lipinski definition) is 3. The summed E-state index contributed by atoms with van der Waals surface area (Å²) in [7, 11) is 0. The van der Waals surface area contributed by atoms with Gasteiger partial charge in [0.05, 0.1) is 10.7 Å². The summed E-state index contributed by atoms with van der Waals surface area (Å²) in [5.41, 5.74) is 8.94. The van der Waals surface area contributed by atoms with E-state index in [2.05, 4.69) is 10.5 Å². The highest BCUT2D eigenvalue weighted by Gasteiger charge is 2.07. The maximum atomic E-state index is 8.65. The molecule has 0 spiro atoms. The Morgan fingerprint density at radius 2 is 2.00 bits per heavy atom. The van der Waals surface area contributed by atoms with Crippen molar-refractivity contribution in [3.63, 3.8) is 0 Å². The second-order valence-electron chi connectivity index (χ2n) is 4.58. The van der Waals surface area contributed by atoms with Crippen LogP contribution in [-0.4, -0.2) is 11.0 Å². The third kappa shape index (κ3) is 3.60. The largest absolute Gasteiger partial charge is 0.409 e. The predicted molar refractivity (Wildman–Crippen MR) is 87.5 cm³/mol. The van der Waals surface area contributed by atoms with Crippen molar-refractivity contribution < 1.29 is 5.21 Å². The molecular weight excluding hydrogens is 309 g/mol. The Hall–Kier alpha value is -1.91. The molecule has 0 atom stereocenters. The molecule has 6 heteroatoms. The normalized spacial score (nSPS) is 11.5. The first-order valence-corrected chi connectivity index (χ1v) is 7.04. The maximum absolute atomic E-state index is 8.65. The van der Waals surface area contributed by atoms with Crippen molar-refractivity contribution in [2.45, 2.75) is 13.5 Å². The Kier molecular flexibility index (Phi) is 4.94. The zero-order valence-corrected chi connectivity index (χ0v) is 12.9. The molecule has 0 amide bonds. The van der Waals surface area contributed by atoms with Gasteiger partial charge in [-0.15, -0.1) is 0 Å². The van der Waals surface area contributed by atoms with Gasteiger partial charge < -0.3 is 16.3 Å². The maximum Gasteiger partial charge on any atom is 0.170 e. The Balaban J connectivity index is 2.18. The van der Waals surface area contributed by atoms with Crippen LogP contribution in [0.2, 0.25) is 10.0 Å². The van der Waals surface area contributed by atoms with Crippen molar-refractivity contribution in [1.29, 1.82) is 0 Å². The number of nitrogens with one attached hydrogen (secondary N) is 1. The molecule has 0 fully saturated rings. The van der Waals surface area contributed by atoms with Crippen LogP contribution in [0.25, 0.3) is 0 Å². The van der Waals surface area contributed by atoms with Crippen molar-refractivity contribution in [2.24, 2.45) is 10.9 Å². The molecular formula is C15H15Cl2N3O. The Morgan fingerprint density at radius 1 is 1.24 bits per heavy atom. The van der Waals surface area contributed by atoms with E-state index < -0.39 is 0 Å². The van der Waals surface area contributed by atoms with Crippen LogP contribution in [0.3, 0.4) is 0 Å². The molecule has 0 aliphatic carbocycles. The summed E-state index contributed by atoms with van der Waals surface area (Å²) >= 11 is 12.4. The summed E-state index contributed by atoms with van der Waals surface area (Å²) in [4.78, 5) is 0. The molecule has 2 rings (SSSR count). The molecule has 0 aromatic heterocycles. The summed E-state index contributed by atoms with van der Waals surface area (Å²) in [5.74, 6) is 0.0263. The van der Waals surface area contributed by atoms with Crippen molar-refractivity contribution in [3.05, 3.63) is 63.1 Å². The molecule has 0 saturated heterocycles. The quantitative estimate of drug-likeness (QED) is 0.344. The Labute approximate surface area is 133 Å². The van der Waals surface area contributed by atoms with Crippen molar-refractivity contribution in [1.82, 2.24) is 0 Å². The monoisotopic (exact) mass is 323 g/mol. The van der Waals surface area contributed by atoms with E-state index in [1.54, 1.807) is 12.1 Å². The number of para-hydroxylation sites is 1. The van der Waals surface area contributed by atoms with Gasteiger partial charge in [0.15, 0.2) is 5.84 Å². The third-order valence-electron chi connectivity index (χ3n) is 3.13. The van der Waals surface area contributed by atoms with Gasteiger partial charge in [0.2, 0.25) is 0 Å². The number of aryl methyl sites for hydroxylation is 1. The molecule has 0 radical (unpaired) electrons. The number of nitrogens with two attached hydrogens (primary N) is 1. The zero-order valence-electron chi connectivity index (χ0n) is 11.4. The average molecular weight is 324 g/mol. The Bertz CT molecular complexity index is 666. The molecule has 0 aliphatic rings. The topological polar surface area (TPSA) is 70.6 Å². The van der Waals surface area contributed by atoms with Gasteiger partial charge in [0.25, 0.3) is 0 Å². The van der Waals surface area contributed by atoms with Crippen LogP contribution in [0.4, 0.5) is 5.69 Å². The first kappa shape index (κ1) is 15.5. The van der Waals surface area contributed by atoms with Crippen LogP contribution in [0.15, 0.2) is 41.6 Å². The smallest absolute Gasteiger partial charge is 0.170 e. The van der Waals surface area contributed by atoms with Gasteiger partial charge in [-0.1, -0.05) is 52.6 Å². The van der Waals surface area contributed by atoms with Gasteiger partial charge in [0.1, 0.15) is 0 Å². The van der Waals surface area contributed by atoms with Gasteiger partial charge in [-0.2, -0.15) is 0 Å². The van der Waals surface area contributed by atoms with Crippen LogP contribution < -0.4 is 11.1 Å². The minimum atomic E-state index is 0.0263. The summed E-state index contributed by atoms with van der Waals surface area (Å²) < 4.78 is 0. The highest BCUT2D eigenvalue weighted by Crippen LogP contribution is 2.27. The fraction of sp³-hybridized carbons (Fsp3) is 0.133. The van der Waals surface area contributed by atoms with Crippen LogP contribution in [0, 0.1) is 6.92 Å². The summed E-state index contributed by atoms with van der Waals surface area (Å²) in [6.07, 6.45) is 0. The molecule has 0 aliphatic heterocycles. The highest BCUT2D eigenvalue weighted by atomic mass is 35.5. The van der Waals surface area contributed by atoms with Gasteiger partial charge in [-0.05, 0) is 30.2 Å². The van der Waals surface area contributed by atoms with Gasteiger partial charge in [-0.25, -0.2) is 0 Å². The molecule has 21 heavy (non-hydrogen) atoms. The van der Waals surface area contributed by atoms with Crippen LogP contribution in [0.1, 0.15) is 16.7 Å². The lowest BCUT2D eigenvalue weighted by molar-refractivity contribution is 0.318. The third-order valence-corrected chi connectivity index (χ3v) is 3.80. The molecule has 0 bridgehead atoms. The van der Waals surface area contributed by atoms with Gasteiger partial charge >= 0.3 is 0 Å². The average Bonchev–Trinajstić information content (AvgIpc) is 2.47. The molecule has 4 N–H and O–H groups in total. The molecule has 110 valence electrons. The summed E-state index contributed by atoms with van der Waals surface area (Å²) in [5, 5.41) is 16.1. The van der Waals surface area contributed by atoms with E-state index >= 15 is 0 Å². The van der Waals surface area contributed by atoms with E-state index in [1.165, 1.54) is 0 Å². The molecule has 0 unspecified atom stereocenters. The van der Waals surface area contributed by atoms with Crippen molar-refractivity contribution in [2.75, 3.05) is 5.32 Å². The molecule has 4 nitrogen and oxygen atoms in total. The number of halogens is 2. The predicted octanol–water partition coefficient (Wildman–Crippen LogP) is 4.01. The fourth-order valence-corrected chi connectivity index (χ4v) is 2.48. The number of rotatable bonds is 4. The first-order chi connectivity index (χ1) is 10.0. The second-order valence-corrected chi connectivity index (χ2v) is 5.39. The van der Waals surface area contributed by atoms with E-state index in [0.29, 0.717) is 22.2 Å². The van der Waals surface area contributed by atoms with Gasteiger partial charge in [0, 0.05) is 17.1 Å². The van der Waals surface area contributed by atoms with E-state index in [9.17, 15) is 0 Å². The minimum Gasteiger partial charge on any atom is -0.409 e. The Morgan fingerprint density at radius 3 is 2.62 bits per heavy atom. The lowest BCUT2D eigenvalue weighted by atomic mass is 10.1. The van der Waals surface area contributed by atoms with Crippen LogP contribution in [-0.2, 0) is 6.54 Å². The zero-order chi connectivity index (χ0) is 15.4. The second kappa shape index (κ2) is 6.70. The summed E-state index contributed by atoms with van der Waals surface area (Å²) in [6, 6.07) is 11.0. The minimum absolute atomic E-state index is 0.0263. The molecule has 0 heterocycles. The number of amidine groups is 1. The number of nitrogens with zero attached hydrogens (tertiary/aromatic N) is 1. The number of benzene rings is 2. The number of hydrogen-bond donors (Lipinski definition) is 3. The summed E-state index contributed by atoms with van der Waals surface area (Å²) in [6.45, 7) is 2.51. The number of anilines is 1. The van der Waals surface area contributed by atoms with E-state index in [0.717, 1.165) is 16.8 Å². The first-order valence-electron chi connectivity index (χ1n) is 6.28. The lowest BCUT2D eigenvalue weighted by Crippen LogP contribution is -2.13. The highest BCUT2D eigenvalue weighted by molar-refractivity contribution is 6.33. The SMILES string of the molecule is Cc1cccc(Cl)c1NCc1ccc(/C(N)=N/O)cc1Cl. The van der Waals surface area contributed by atoms with E-state index in [1.807, 2.05) is 31.2 Å².